The first-order valence-corrected chi connectivity index (χ1v) is 14.2. The van der Waals surface area contributed by atoms with Gasteiger partial charge in [0.1, 0.15) is 17.3 Å². The van der Waals surface area contributed by atoms with Crippen molar-refractivity contribution in [3.8, 4) is 11.5 Å². The molecule has 3 aromatic rings. The Hall–Kier alpha value is -4.22. The number of nitrogens with zero attached hydrogens (tertiary/aromatic N) is 3. The number of ketones is 1. The zero-order valence-electron chi connectivity index (χ0n) is 22.1. The van der Waals surface area contributed by atoms with Gasteiger partial charge in [-0.15, -0.1) is 0 Å². The standard InChI is InChI=1S/C29H29N3O7S/c1-38-21-9-12-24(39-2)23(16-21)26-25(28(34)29(35)32(26)18-19-6-5-13-30-17-19)27(33)20-7-10-22(11-8-20)40(36,37)31-14-3-4-15-31/h5-13,16-17,26,33H,3-4,14-15,18H2,1-2H3/t26-/m1/s1. The number of carbonyl (C=O) groups excluding carboxylic acids is 2. The number of pyridine rings is 1. The van der Waals surface area contributed by atoms with E-state index in [1.165, 1.54) is 47.7 Å². The third kappa shape index (κ3) is 4.93. The molecule has 0 saturated carbocycles. The molecule has 0 aliphatic carbocycles. The first kappa shape index (κ1) is 27.4. The van der Waals surface area contributed by atoms with Crippen molar-refractivity contribution in [1.82, 2.24) is 14.2 Å². The van der Waals surface area contributed by atoms with Gasteiger partial charge in [0, 0.05) is 43.2 Å². The van der Waals surface area contributed by atoms with Crippen LogP contribution < -0.4 is 9.47 Å². The van der Waals surface area contributed by atoms with Gasteiger partial charge in [-0.05, 0) is 66.9 Å². The largest absolute Gasteiger partial charge is 0.507 e. The third-order valence-electron chi connectivity index (χ3n) is 7.18. The monoisotopic (exact) mass is 563 g/mol. The number of Topliss-reactive ketones (excluding diaryl/α,β-unsaturated/α-hetero) is 1. The van der Waals surface area contributed by atoms with Gasteiger partial charge in [0.2, 0.25) is 10.0 Å². The van der Waals surface area contributed by atoms with Crippen LogP contribution in [0.4, 0.5) is 0 Å². The Bertz CT molecular complexity index is 1560. The summed E-state index contributed by atoms with van der Waals surface area (Å²) in [6.45, 7) is 0.979. The third-order valence-corrected chi connectivity index (χ3v) is 9.09. The summed E-state index contributed by atoms with van der Waals surface area (Å²) in [5, 5.41) is 11.5. The fourth-order valence-electron chi connectivity index (χ4n) is 5.13. The molecule has 10 nitrogen and oxygen atoms in total. The van der Waals surface area contributed by atoms with E-state index in [4.69, 9.17) is 9.47 Å². The van der Waals surface area contributed by atoms with Gasteiger partial charge in [-0.1, -0.05) is 6.07 Å². The Kier molecular flexibility index (Phi) is 7.59. The maximum atomic E-state index is 13.5. The molecule has 2 saturated heterocycles. The minimum absolute atomic E-state index is 0.0488. The molecule has 1 N–H and O–H groups in total. The average molecular weight is 564 g/mol. The number of methoxy groups -OCH3 is 2. The molecule has 2 fully saturated rings. The molecule has 1 amide bonds. The second-order valence-corrected chi connectivity index (χ2v) is 11.5. The summed E-state index contributed by atoms with van der Waals surface area (Å²) in [5.41, 5.74) is 1.19. The van der Waals surface area contributed by atoms with Crippen molar-refractivity contribution in [3.05, 3.63) is 89.3 Å². The van der Waals surface area contributed by atoms with Gasteiger partial charge in [-0.3, -0.25) is 14.6 Å². The molecule has 3 heterocycles. The number of ether oxygens (including phenoxy) is 2. The maximum absolute atomic E-state index is 13.5. The fourth-order valence-corrected chi connectivity index (χ4v) is 6.64. The van der Waals surface area contributed by atoms with Gasteiger partial charge in [0.25, 0.3) is 11.7 Å². The van der Waals surface area contributed by atoms with Crippen molar-refractivity contribution < 1.29 is 32.6 Å². The molecule has 2 aromatic carbocycles. The molecule has 0 radical (unpaired) electrons. The number of hydrogen-bond acceptors (Lipinski definition) is 8. The van der Waals surface area contributed by atoms with E-state index in [0.29, 0.717) is 35.7 Å². The Balaban J connectivity index is 1.62. The Morgan fingerprint density at radius 3 is 2.38 bits per heavy atom. The number of carbonyl (C=O) groups is 2. The van der Waals surface area contributed by atoms with E-state index < -0.39 is 33.5 Å². The first-order chi connectivity index (χ1) is 19.3. The zero-order chi connectivity index (χ0) is 28.4. The second kappa shape index (κ2) is 11.1. The molecule has 40 heavy (non-hydrogen) atoms. The predicted molar refractivity (Wildman–Crippen MR) is 146 cm³/mol. The van der Waals surface area contributed by atoms with Crippen LogP contribution in [0.5, 0.6) is 11.5 Å². The van der Waals surface area contributed by atoms with Crippen LogP contribution in [-0.2, 0) is 26.2 Å². The van der Waals surface area contributed by atoms with Gasteiger partial charge in [0.15, 0.2) is 0 Å². The number of rotatable bonds is 8. The summed E-state index contributed by atoms with van der Waals surface area (Å²) >= 11 is 0. The van der Waals surface area contributed by atoms with Crippen molar-refractivity contribution >= 4 is 27.5 Å². The summed E-state index contributed by atoms with van der Waals surface area (Å²) in [4.78, 5) is 32.4. The van der Waals surface area contributed by atoms with Crippen LogP contribution in [0.15, 0.2) is 77.5 Å². The summed E-state index contributed by atoms with van der Waals surface area (Å²) in [6, 6.07) is 13.2. The van der Waals surface area contributed by atoms with E-state index in [2.05, 4.69) is 4.98 Å². The van der Waals surface area contributed by atoms with Gasteiger partial charge >= 0.3 is 0 Å². The van der Waals surface area contributed by atoms with Crippen LogP contribution >= 0.6 is 0 Å². The van der Waals surface area contributed by atoms with Crippen molar-refractivity contribution in [2.75, 3.05) is 27.3 Å². The van der Waals surface area contributed by atoms with Crippen LogP contribution in [0.1, 0.15) is 35.6 Å². The fraction of sp³-hybridized carbons (Fsp3) is 0.276. The van der Waals surface area contributed by atoms with E-state index in [9.17, 15) is 23.1 Å². The van der Waals surface area contributed by atoms with Gasteiger partial charge in [-0.2, -0.15) is 4.31 Å². The number of amides is 1. The quantitative estimate of drug-likeness (QED) is 0.251. The summed E-state index contributed by atoms with van der Waals surface area (Å²) in [6.07, 6.45) is 4.82. The van der Waals surface area contributed by atoms with E-state index in [1.807, 2.05) is 0 Å². The van der Waals surface area contributed by atoms with Crippen molar-refractivity contribution in [2.24, 2.45) is 0 Å². The molecule has 1 aromatic heterocycles. The number of benzene rings is 2. The highest BCUT2D eigenvalue weighted by Crippen LogP contribution is 2.44. The minimum Gasteiger partial charge on any atom is -0.507 e. The number of aliphatic hydroxyl groups excluding tert-OH is 1. The Morgan fingerprint density at radius 1 is 1.02 bits per heavy atom. The number of aliphatic hydroxyl groups is 1. The summed E-state index contributed by atoms with van der Waals surface area (Å²) in [7, 11) is -0.697. The highest BCUT2D eigenvalue weighted by atomic mass is 32.2. The second-order valence-electron chi connectivity index (χ2n) is 9.53. The van der Waals surface area contributed by atoms with Crippen LogP contribution in [0.3, 0.4) is 0 Å². The van der Waals surface area contributed by atoms with Crippen molar-refractivity contribution in [2.45, 2.75) is 30.3 Å². The maximum Gasteiger partial charge on any atom is 0.295 e. The first-order valence-electron chi connectivity index (χ1n) is 12.8. The van der Waals surface area contributed by atoms with E-state index in [1.54, 1.807) is 42.7 Å². The molecule has 0 spiro atoms. The molecular weight excluding hydrogens is 534 g/mol. The minimum atomic E-state index is -3.66. The molecular formula is C29H29N3O7S. The number of aromatic nitrogens is 1. The predicted octanol–water partition coefficient (Wildman–Crippen LogP) is 3.51. The molecule has 0 unspecified atom stereocenters. The summed E-state index contributed by atoms with van der Waals surface area (Å²) in [5.74, 6) is -1.23. The van der Waals surface area contributed by atoms with E-state index in [-0.39, 0.29) is 22.6 Å². The number of hydrogen-bond donors (Lipinski definition) is 1. The molecule has 208 valence electrons. The van der Waals surface area contributed by atoms with E-state index >= 15 is 0 Å². The van der Waals surface area contributed by atoms with Crippen molar-refractivity contribution in [3.63, 3.8) is 0 Å². The van der Waals surface area contributed by atoms with Gasteiger partial charge in [-0.25, -0.2) is 8.42 Å². The smallest absolute Gasteiger partial charge is 0.295 e. The SMILES string of the molecule is COc1ccc(OC)c([C@@H]2C(=C(O)c3ccc(S(=O)(=O)N4CCCC4)cc3)C(=O)C(=O)N2Cc2cccnc2)c1. The van der Waals surface area contributed by atoms with Crippen LogP contribution in [0.2, 0.25) is 0 Å². The molecule has 2 aliphatic heterocycles. The molecule has 2 aliphatic rings. The number of likely N-dealkylation sites (tertiary alicyclic amines) is 1. The lowest BCUT2D eigenvalue weighted by Crippen LogP contribution is -2.29. The van der Waals surface area contributed by atoms with Crippen LogP contribution in [0, 0.1) is 0 Å². The topological polar surface area (TPSA) is 126 Å². The van der Waals surface area contributed by atoms with Crippen LogP contribution in [-0.4, -0.2) is 66.7 Å². The van der Waals surface area contributed by atoms with Crippen molar-refractivity contribution in [1.29, 1.82) is 0 Å². The lowest BCUT2D eigenvalue weighted by Gasteiger charge is -2.27. The molecule has 1 atom stereocenters. The lowest BCUT2D eigenvalue weighted by atomic mass is 9.94. The van der Waals surface area contributed by atoms with Gasteiger partial charge in [0.05, 0.1) is 30.7 Å². The van der Waals surface area contributed by atoms with Crippen LogP contribution in [0.25, 0.3) is 5.76 Å². The highest BCUT2D eigenvalue weighted by molar-refractivity contribution is 7.89. The Morgan fingerprint density at radius 2 is 1.75 bits per heavy atom. The summed E-state index contributed by atoms with van der Waals surface area (Å²) < 4.78 is 38.3. The number of sulfonamides is 1. The van der Waals surface area contributed by atoms with E-state index in [0.717, 1.165) is 12.8 Å². The average Bonchev–Trinajstić information content (AvgIpc) is 3.61. The molecule has 5 rings (SSSR count). The Labute approximate surface area is 232 Å². The lowest BCUT2D eigenvalue weighted by molar-refractivity contribution is -0.140. The zero-order valence-corrected chi connectivity index (χ0v) is 22.9. The molecule has 11 heteroatoms. The highest BCUT2D eigenvalue weighted by Gasteiger charge is 2.47. The molecule has 0 bridgehead atoms. The normalized spacial score (nSPS) is 19.2. The van der Waals surface area contributed by atoms with Gasteiger partial charge < -0.3 is 19.5 Å².